The molecule has 0 atom stereocenters. The first kappa shape index (κ1) is 11.1. The molecule has 0 amide bonds. The Hall–Kier alpha value is -2.36. The van der Waals surface area contributed by atoms with Crippen molar-refractivity contribution < 1.29 is 0 Å². The number of anilines is 4. The average molecular weight is 228 g/mol. The van der Waals surface area contributed by atoms with Gasteiger partial charge in [-0.1, -0.05) is 12.1 Å². The number of hydrogen-bond acceptors (Lipinski definition) is 4. The van der Waals surface area contributed by atoms with E-state index in [1.807, 2.05) is 30.3 Å². The highest BCUT2D eigenvalue weighted by atomic mass is 14.7. The van der Waals surface area contributed by atoms with Crippen LogP contribution >= 0.6 is 0 Å². The van der Waals surface area contributed by atoms with Gasteiger partial charge in [0, 0.05) is 11.4 Å². The molecule has 2 aromatic rings. The maximum atomic E-state index is 5.91. The first-order valence-electron chi connectivity index (χ1n) is 5.34. The molecule has 0 saturated carbocycles. The lowest BCUT2D eigenvalue weighted by molar-refractivity contribution is 1.20. The fourth-order valence-electron chi connectivity index (χ4n) is 1.77. The van der Waals surface area contributed by atoms with Crippen LogP contribution in [0.25, 0.3) is 0 Å². The van der Waals surface area contributed by atoms with Gasteiger partial charge in [0.25, 0.3) is 0 Å². The van der Waals surface area contributed by atoms with Gasteiger partial charge >= 0.3 is 0 Å². The van der Waals surface area contributed by atoms with Crippen LogP contribution in [0.5, 0.6) is 0 Å². The van der Waals surface area contributed by atoms with Crippen LogP contribution in [0.3, 0.4) is 0 Å². The maximum Gasteiger partial charge on any atom is 0.0568 e. The zero-order chi connectivity index (χ0) is 12.4. The standard InChI is InChI=1S/C13H16N4/c14-10-3-1-2-8(5-10)4-9-6-12(16)13(17)7-11(9)15/h1-3,5-7H,4,14-17H2. The van der Waals surface area contributed by atoms with Crippen LogP contribution in [-0.4, -0.2) is 0 Å². The largest absolute Gasteiger partial charge is 0.399 e. The van der Waals surface area contributed by atoms with Crippen LogP contribution in [0.1, 0.15) is 11.1 Å². The number of rotatable bonds is 2. The minimum Gasteiger partial charge on any atom is -0.399 e. The summed E-state index contributed by atoms with van der Waals surface area (Å²) >= 11 is 0. The minimum absolute atomic E-state index is 0.513. The van der Waals surface area contributed by atoms with E-state index < -0.39 is 0 Å². The molecule has 88 valence electrons. The van der Waals surface area contributed by atoms with Crippen molar-refractivity contribution in [3.8, 4) is 0 Å². The van der Waals surface area contributed by atoms with Gasteiger partial charge in [0.1, 0.15) is 0 Å². The molecule has 0 bridgehead atoms. The van der Waals surface area contributed by atoms with E-state index in [0.717, 1.165) is 16.8 Å². The van der Waals surface area contributed by atoms with Crippen LogP contribution in [0.2, 0.25) is 0 Å². The van der Waals surface area contributed by atoms with Crippen LogP contribution in [0.4, 0.5) is 22.7 Å². The van der Waals surface area contributed by atoms with Crippen molar-refractivity contribution in [2.45, 2.75) is 6.42 Å². The lowest BCUT2D eigenvalue weighted by Crippen LogP contribution is -2.02. The zero-order valence-corrected chi connectivity index (χ0v) is 9.48. The number of benzene rings is 2. The van der Waals surface area contributed by atoms with E-state index in [1.165, 1.54) is 0 Å². The molecule has 8 N–H and O–H groups in total. The third kappa shape index (κ3) is 2.42. The highest BCUT2D eigenvalue weighted by Gasteiger charge is 2.05. The second-order valence-electron chi connectivity index (χ2n) is 4.10. The Labute approximate surface area is 100 Å². The maximum absolute atomic E-state index is 5.91. The second-order valence-corrected chi connectivity index (χ2v) is 4.10. The van der Waals surface area contributed by atoms with Crippen LogP contribution in [0.15, 0.2) is 36.4 Å². The van der Waals surface area contributed by atoms with Crippen LogP contribution < -0.4 is 22.9 Å². The smallest absolute Gasteiger partial charge is 0.0568 e. The molecule has 0 aliphatic rings. The molecular weight excluding hydrogens is 212 g/mol. The normalized spacial score (nSPS) is 10.4. The Morgan fingerprint density at radius 1 is 0.765 bits per heavy atom. The van der Waals surface area contributed by atoms with Crippen molar-refractivity contribution in [1.82, 2.24) is 0 Å². The Morgan fingerprint density at radius 3 is 2.18 bits per heavy atom. The summed E-state index contributed by atoms with van der Waals surface area (Å²) in [5.41, 5.74) is 27.6. The third-order valence-electron chi connectivity index (χ3n) is 2.69. The molecule has 4 heteroatoms. The monoisotopic (exact) mass is 228 g/mol. The van der Waals surface area contributed by atoms with Gasteiger partial charge in [0.05, 0.1) is 11.4 Å². The van der Waals surface area contributed by atoms with Crippen molar-refractivity contribution in [2.24, 2.45) is 0 Å². The predicted octanol–water partition coefficient (Wildman–Crippen LogP) is 1.61. The summed E-state index contributed by atoms with van der Waals surface area (Å²) in [5, 5.41) is 0. The van der Waals surface area contributed by atoms with Crippen molar-refractivity contribution in [2.75, 3.05) is 22.9 Å². The van der Waals surface area contributed by atoms with Crippen molar-refractivity contribution in [1.29, 1.82) is 0 Å². The number of nitrogen functional groups attached to an aromatic ring is 4. The Kier molecular flexibility index (Phi) is 2.78. The van der Waals surface area contributed by atoms with Gasteiger partial charge in [-0.3, -0.25) is 0 Å². The fourth-order valence-corrected chi connectivity index (χ4v) is 1.77. The van der Waals surface area contributed by atoms with E-state index in [2.05, 4.69) is 0 Å². The highest BCUT2D eigenvalue weighted by Crippen LogP contribution is 2.25. The second kappa shape index (κ2) is 4.25. The molecule has 0 aliphatic carbocycles. The lowest BCUT2D eigenvalue weighted by atomic mass is 10.0. The molecule has 0 fully saturated rings. The van der Waals surface area contributed by atoms with E-state index in [9.17, 15) is 0 Å². The lowest BCUT2D eigenvalue weighted by Gasteiger charge is -2.09. The van der Waals surface area contributed by atoms with Crippen molar-refractivity contribution in [3.63, 3.8) is 0 Å². The number of nitrogens with two attached hydrogens (primary N) is 4. The predicted molar refractivity (Wildman–Crippen MR) is 73.3 cm³/mol. The summed E-state index contributed by atoms with van der Waals surface area (Å²) in [4.78, 5) is 0. The third-order valence-corrected chi connectivity index (χ3v) is 2.69. The molecule has 0 heterocycles. The van der Waals surface area contributed by atoms with Gasteiger partial charge in [0.2, 0.25) is 0 Å². The highest BCUT2D eigenvalue weighted by molar-refractivity contribution is 5.71. The van der Waals surface area contributed by atoms with Crippen molar-refractivity contribution in [3.05, 3.63) is 47.5 Å². The first-order chi connectivity index (χ1) is 8.06. The van der Waals surface area contributed by atoms with Gasteiger partial charge in [0.15, 0.2) is 0 Å². The van der Waals surface area contributed by atoms with Gasteiger partial charge < -0.3 is 22.9 Å². The van der Waals surface area contributed by atoms with E-state index in [1.54, 1.807) is 6.07 Å². The molecule has 17 heavy (non-hydrogen) atoms. The molecule has 0 saturated heterocycles. The SMILES string of the molecule is Nc1cccc(Cc2cc(N)c(N)cc2N)c1. The zero-order valence-electron chi connectivity index (χ0n) is 9.48. The molecule has 0 radical (unpaired) electrons. The molecule has 0 spiro atoms. The van der Waals surface area contributed by atoms with E-state index in [0.29, 0.717) is 23.5 Å². The summed E-state index contributed by atoms with van der Waals surface area (Å²) < 4.78 is 0. The van der Waals surface area contributed by atoms with Crippen molar-refractivity contribution >= 4 is 22.7 Å². The molecule has 0 aliphatic heterocycles. The quantitative estimate of drug-likeness (QED) is 0.586. The summed E-state index contributed by atoms with van der Waals surface area (Å²) in [6.07, 6.45) is 0.696. The van der Waals surface area contributed by atoms with Gasteiger partial charge in [-0.05, 0) is 41.8 Å². The molecule has 2 aromatic carbocycles. The van der Waals surface area contributed by atoms with E-state index in [4.69, 9.17) is 22.9 Å². The molecule has 4 nitrogen and oxygen atoms in total. The van der Waals surface area contributed by atoms with Gasteiger partial charge in [-0.25, -0.2) is 0 Å². The summed E-state index contributed by atoms with van der Waals surface area (Å²) in [5.74, 6) is 0. The summed E-state index contributed by atoms with van der Waals surface area (Å²) in [7, 11) is 0. The Morgan fingerprint density at radius 2 is 1.47 bits per heavy atom. The van der Waals surface area contributed by atoms with Crippen LogP contribution in [0, 0.1) is 0 Å². The topological polar surface area (TPSA) is 104 Å². The van der Waals surface area contributed by atoms with E-state index >= 15 is 0 Å². The summed E-state index contributed by atoms with van der Waals surface area (Å²) in [6.45, 7) is 0. The molecule has 2 rings (SSSR count). The number of hydrogen-bond donors (Lipinski definition) is 4. The average Bonchev–Trinajstić information content (AvgIpc) is 2.26. The fraction of sp³-hybridized carbons (Fsp3) is 0.0769. The van der Waals surface area contributed by atoms with Crippen LogP contribution in [-0.2, 0) is 6.42 Å². The van der Waals surface area contributed by atoms with E-state index in [-0.39, 0.29) is 0 Å². The molecule has 0 aromatic heterocycles. The Balaban J connectivity index is 2.33. The first-order valence-corrected chi connectivity index (χ1v) is 5.34. The van der Waals surface area contributed by atoms with Gasteiger partial charge in [-0.2, -0.15) is 0 Å². The molecule has 0 unspecified atom stereocenters. The molecular formula is C13H16N4. The minimum atomic E-state index is 0.513. The Bertz CT molecular complexity index is 549. The summed E-state index contributed by atoms with van der Waals surface area (Å²) in [6, 6.07) is 11.2. The van der Waals surface area contributed by atoms with Gasteiger partial charge in [-0.15, -0.1) is 0 Å².